The minimum Gasteiger partial charge on any atom is -0.496 e. The van der Waals surface area contributed by atoms with Crippen LogP contribution in [0.5, 0.6) is 5.75 Å². The van der Waals surface area contributed by atoms with Gasteiger partial charge in [-0.05, 0) is 22.9 Å². The number of carbonyl (C=O) groups excluding carboxylic acids is 2. The van der Waals surface area contributed by atoms with Crippen LogP contribution in [0.3, 0.4) is 0 Å². The van der Waals surface area contributed by atoms with Crippen LogP contribution in [0, 0.1) is 0 Å². The van der Waals surface area contributed by atoms with Crippen LogP contribution in [-0.4, -0.2) is 24.8 Å². The molecule has 0 N–H and O–H groups in total. The summed E-state index contributed by atoms with van der Waals surface area (Å²) in [6.45, 7) is 3.02. The molecule has 118 valence electrons. The van der Waals surface area contributed by atoms with E-state index in [9.17, 15) is 9.59 Å². The van der Waals surface area contributed by atoms with E-state index in [1.807, 2.05) is 30.3 Å². The van der Waals surface area contributed by atoms with Crippen LogP contribution in [0.15, 0.2) is 42.0 Å². The highest BCUT2D eigenvalue weighted by Gasteiger charge is 2.39. The van der Waals surface area contributed by atoms with Crippen LogP contribution in [-0.2, 0) is 19.1 Å². The third kappa shape index (κ3) is 2.77. The van der Waals surface area contributed by atoms with E-state index in [0.29, 0.717) is 11.3 Å². The lowest BCUT2D eigenvalue weighted by Gasteiger charge is -2.29. The van der Waals surface area contributed by atoms with Gasteiger partial charge >= 0.3 is 11.9 Å². The molecule has 0 amide bonds. The number of fused-ring (bicyclic) bond motifs is 1. The van der Waals surface area contributed by atoms with Gasteiger partial charge < -0.3 is 14.2 Å². The first-order valence-electron chi connectivity index (χ1n) is 7.15. The van der Waals surface area contributed by atoms with Gasteiger partial charge in [-0.1, -0.05) is 30.3 Å². The lowest BCUT2D eigenvalue weighted by Crippen LogP contribution is -2.41. The second-order valence-electron chi connectivity index (χ2n) is 5.64. The highest BCUT2D eigenvalue weighted by atomic mass is 16.7. The average Bonchev–Trinajstić information content (AvgIpc) is 2.49. The topological polar surface area (TPSA) is 61.8 Å². The first kappa shape index (κ1) is 15.1. The smallest absolute Gasteiger partial charge is 0.348 e. The molecule has 5 nitrogen and oxygen atoms in total. The van der Waals surface area contributed by atoms with Crippen molar-refractivity contribution >= 4 is 28.8 Å². The molecule has 0 aliphatic carbocycles. The molecule has 1 saturated heterocycles. The number of rotatable bonds is 2. The monoisotopic (exact) mass is 312 g/mol. The molecular weight excluding hydrogens is 296 g/mol. The largest absolute Gasteiger partial charge is 0.496 e. The first-order chi connectivity index (χ1) is 10.9. The number of cyclic esters (lactones) is 2. The van der Waals surface area contributed by atoms with Gasteiger partial charge in [0.05, 0.1) is 7.11 Å². The summed E-state index contributed by atoms with van der Waals surface area (Å²) in [5.74, 6) is -2.11. The highest BCUT2D eigenvalue weighted by molar-refractivity contribution is 6.19. The number of hydrogen-bond acceptors (Lipinski definition) is 5. The second kappa shape index (κ2) is 5.43. The third-order valence-electron chi connectivity index (χ3n) is 3.56. The van der Waals surface area contributed by atoms with Gasteiger partial charge in [0.25, 0.3) is 5.79 Å². The Hall–Kier alpha value is -2.82. The van der Waals surface area contributed by atoms with Crippen LogP contribution in [0.1, 0.15) is 19.4 Å². The quantitative estimate of drug-likeness (QED) is 0.484. The lowest BCUT2D eigenvalue weighted by molar-refractivity contribution is -0.222. The molecule has 1 aliphatic heterocycles. The number of ether oxygens (including phenoxy) is 3. The lowest BCUT2D eigenvalue weighted by atomic mass is 10.0. The normalized spacial score (nSPS) is 16.7. The molecule has 1 aliphatic rings. The molecule has 2 aromatic carbocycles. The fourth-order valence-electron chi connectivity index (χ4n) is 2.53. The maximum Gasteiger partial charge on any atom is 0.348 e. The summed E-state index contributed by atoms with van der Waals surface area (Å²) in [5, 5.41) is 1.84. The molecule has 0 saturated carbocycles. The zero-order valence-corrected chi connectivity index (χ0v) is 13.1. The number of hydrogen-bond donors (Lipinski definition) is 0. The molecule has 0 bridgehead atoms. The van der Waals surface area contributed by atoms with Crippen molar-refractivity contribution < 1.29 is 23.8 Å². The van der Waals surface area contributed by atoms with Gasteiger partial charge in [0, 0.05) is 19.4 Å². The number of carbonyl (C=O) groups is 2. The van der Waals surface area contributed by atoms with Crippen LogP contribution in [0.25, 0.3) is 16.8 Å². The molecule has 0 radical (unpaired) electrons. The Morgan fingerprint density at radius 2 is 1.65 bits per heavy atom. The Morgan fingerprint density at radius 1 is 1.00 bits per heavy atom. The minimum atomic E-state index is -1.26. The first-order valence-corrected chi connectivity index (χ1v) is 7.15. The second-order valence-corrected chi connectivity index (χ2v) is 5.64. The highest BCUT2D eigenvalue weighted by Crippen LogP contribution is 2.32. The van der Waals surface area contributed by atoms with Crippen molar-refractivity contribution in [3.63, 3.8) is 0 Å². The van der Waals surface area contributed by atoms with Gasteiger partial charge in [0.1, 0.15) is 11.3 Å². The molecule has 1 fully saturated rings. The van der Waals surface area contributed by atoms with Crippen molar-refractivity contribution in [1.29, 1.82) is 0 Å². The number of methoxy groups -OCH3 is 1. The third-order valence-corrected chi connectivity index (χ3v) is 3.56. The SMILES string of the molecule is COc1ccc2ccccc2c1C=C1C(=O)OC(C)(C)OC1=O. The Kier molecular flexibility index (Phi) is 3.56. The maximum absolute atomic E-state index is 12.1. The van der Waals surface area contributed by atoms with Crippen LogP contribution in [0.4, 0.5) is 0 Å². The molecule has 3 rings (SSSR count). The Balaban J connectivity index is 2.17. The number of esters is 2. The predicted octanol–water partition coefficient (Wildman–Crippen LogP) is 3.07. The summed E-state index contributed by atoms with van der Waals surface area (Å²) in [5.41, 5.74) is 0.480. The standard InChI is InChI=1S/C18H16O5/c1-18(2)22-16(19)14(17(20)23-18)10-13-12-7-5-4-6-11(12)8-9-15(13)21-3/h4-10H,1-3H3. The van der Waals surface area contributed by atoms with E-state index in [4.69, 9.17) is 14.2 Å². The average molecular weight is 312 g/mol. The van der Waals surface area contributed by atoms with E-state index in [0.717, 1.165) is 10.8 Å². The summed E-state index contributed by atoms with van der Waals surface area (Å²) >= 11 is 0. The van der Waals surface area contributed by atoms with Gasteiger partial charge in [-0.2, -0.15) is 0 Å². The number of benzene rings is 2. The van der Waals surface area contributed by atoms with Gasteiger partial charge in [0.15, 0.2) is 0 Å². The molecule has 2 aromatic rings. The van der Waals surface area contributed by atoms with Crippen molar-refractivity contribution in [3.8, 4) is 5.75 Å². The Bertz CT molecular complexity index is 810. The van der Waals surface area contributed by atoms with Crippen LogP contribution >= 0.6 is 0 Å². The van der Waals surface area contributed by atoms with E-state index in [2.05, 4.69) is 0 Å². The molecule has 0 aromatic heterocycles. The molecule has 0 unspecified atom stereocenters. The summed E-state index contributed by atoms with van der Waals surface area (Å²) in [6, 6.07) is 11.3. The molecular formula is C18H16O5. The van der Waals surface area contributed by atoms with Crippen LogP contribution < -0.4 is 4.74 Å². The Morgan fingerprint density at radius 3 is 2.30 bits per heavy atom. The molecule has 0 spiro atoms. The zero-order valence-electron chi connectivity index (χ0n) is 13.1. The van der Waals surface area contributed by atoms with Gasteiger partial charge in [-0.15, -0.1) is 0 Å². The summed E-state index contributed by atoms with van der Waals surface area (Å²) < 4.78 is 15.6. The fourth-order valence-corrected chi connectivity index (χ4v) is 2.53. The van der Waals surface area contributed by atoms with Crippen molar-refractivity contribution in [2.24, 2.45) is 0 Å². The van der Waals surface area contributed by atoms with Crippen molar-refractivity contribution in [1.82, 2.24) is 0 Å². The predicted molar refractivity (Wildman–Crippen MR) is 84.7 cm³/mol. The van der Waals surface area contributed by atoms with Crippen molar-refractivity contribution in [2.45, 2.75) is 19.6 Å². The van der Waals surface area contributed by atoms with Gasteiger partial charge in [0.2, 0.25) is 0 Å². The maximum atomic E-state index is 12.1. The molecule has 5 heteroatoms. The van der Waals surface area contributed by atoms with Crippen LogP contribution in [0.2, 0.25) is 0 Å². The zero-order chi connectivity index (χ0) is 16.6. The van der Waals surface area contributed by atoms with E-state index in [-0.39, 0.29) is 5.57 Å². The van der Waals surface area contributed by atoms with Gasteiger partial charge in [-0.3, -0.25) is 0 Å². The molecule has 1 heterocycles. The fraction of sp³-hybridized carbons (Fsp3) is 0.222. The van der Waals surface area contributed by atoms with E-state index >= 15 is 0 Å². The van der Waals surface area contributed by atoms with E-state index in [1.54, 1.807) is 6.07 Å². The molecule has 0 atom stereocenters. The van der Waals surface area contributed by atoms with E-state index < -0.39 is 17.7 Å². The van der Waals surface area contributed by atoms with E-state index in [1.165, 1.54) is 27.0 Å². The van der Waals surface area contributed by atoms with Crippen molar-refractivity contribution in [2.75, 3.05) is 7.11 Å². The summed E-state index contributed by atoms with van der Waals surface area (Å²) in [7, 11) is 1.53. The Labute approximate surface area is 133 Å². The summed E-state index contributed by atoms with van der Waals surface area (Å²) in [6.07, 6.45) is 1.46. The summed E-state index contributed by atoms with van der Waals surface area (Å²) in [4.78, 5) is 24.3. The minimum absolute atomic E-state index is 0.154. The van der Waals surface area contributed by atoms with Crippen molar-refractivity contribution in [3.05, 3.63) is 47.5 Å². The van der Waals surface area contributed by atoms with Gasteiger partial charge in [-0.25, -0.2) is 9.59 Å². The molecule has 23 heavy (non-hydrogen) atoms.